The van der Waals surface area contributed by atoms with Gasteiger partial charge in [0.25, 0.3) is 0 Å². The Labute approximate surface area is 116 Å². The van der Waals surface area contributed by atoms with Crippen LogP contribution in [0.1, 0.15) is 49.7 Å². The second-order valence-corrected chi connectivity index (χ2v) is 7.27. The first-order valence-corrected chi connectivity index (χ1v) is 8.57. The molecule has 0 amide bonds. The van der Waals surface area contributed by atoms with Crippen molar-refractivity contribution in [2.24, 2.45) is 0 Å². The summed E-state index contributed by atoms with van der Waals surface area (Å²) in [5.41, 5.74) is 2.14. The van der Waals surface area contributed by atoms with E-state index >= 15 is 0 Å². The molecule has 0 aromatic heterocycles. The molecule has 0 spiro atoms. The highest BCUT2D eigenvalue weighted by molar-refractivity contribution is 7.89. The lowest BCUT2D eigenvalue weighted by atomic mass is 10.1. The minimum atomic E-state index is -3.37. The first-order valence-electron chi connectivity index (χ1n) is 7.08. The molecule has 3 nitrogen and oxygen atoms in total. The molecule has 0 atom stereocenters. The van der Waals surface area contributed by atoms with E-state index in [4.69, 9.17) is 0 Å². The molecule has 1 aliphatic carbocycles. The van der Waals surface area contributed by atoms with Crippen LogP contribution in [0.4, 0.5) is 0 Å². The Kier molecular flexibility index (Phi) is 4.63. The molecule has 1 aromatic carbocycles. The van der Waals surface area contributed by atoms with Gasteiger partial charge in [-0.05, 0) is 49.9 Å². The summed E-state index contributed by atoms with van der Waals surface area (Å²) in [6.45, 7) is 3.93. The predicted octanol–water partition coefficient (Wildman–Crippen LogP) is 3.30. The highest BCUT2D eigenvalue weighted by Crippen LogP contribution is 2.20. The zero-order valence-electron chi connectivity index (χ0n) is 11.8. The summed E-state index contributed by atoms with van der Waals surface area (Å²) in [5, 5.41) is 0. The molecule has 0 heterocycles. The van der Waals surface area contributed by atoms with Crippen molar-refractivity contribution in [2.75, 3.05) is 0 Å². The molecule has 1 saturated carbocycles. The summed E-state index contributed by atoms with van der Waals surface area (Å²) in [5.74, 6) is 0. The third kappa shape index (κ3) is 3.80. The summed E-state index contributed by atoms with van der Waals surface area (Å²) in [6, 6.07) is 5.43. The fourth-order valence-corrected chi connectivity index (χ4v) is 3.96. The molecule has 0 unspecified atom stereocenters. The van der Waals surface area contributed by atoms with Gasteiger partial charge in [0.2, 0.25) is 10.0 Å². The van der Waals surface area contributed by atoms with Crippen LogP contribution in [0.25, 0.3) is 0 Å². The second kappa shape index (κ2) is 6.06. The lowest BCUT2D eigenvalue weighted by Crippen LogP contribution is -2.34. The van der Waals surface area contributed by atoms with Crippen molar-refractivity contribution in [3.8, 4) is 0 Å². The van der Waals surface area contributed by atoms with E-state index in [1.165, 1.54) is 12.8 Å². The standard InChI is InChI=1S/C15H23NO2S/c1-12-9-10-15(11-13(12)2)19(17,18)16-14-7-5-3-4-6-8-14/h9-11,14,16H,3-8H2,1-2H3. The van der Waals surface area contributed by atoms with Crippen molar-refractivity contribution in [1.29, 1.82) is 0 Å². The van der Waals surface area contributed by atoms with Crippen LogP contribution in [0, 0.1) is 13.8 Å². The number of aryl methyl sites for hydroxylation is 2. The quantitative estimate of drug-likeness (QED) is 0.864. The van der Waals surface area contributed by atoms with Crippen molar-refractivity contribution in [2.45, 2.75) is 63.3 Å². The maximum atomic E-state index is 12.4. The molecule has 0 bridgehead atoms. The summed E-state index contributed by atoms with van der Waals surface area (Å²) in [6.07, 6.45) is 6.62. The third-order valence-corrected chi connectivity index (χ3v) is 5.48. The Morgan fingerprint density at radius 3 is 2.21 bits per heavy atom. The summed E-state index contributed by atoms with van der Waals surface area (Å²) in [7, 11) is -3.37. The third-order valence-electron chi connectivity index (χ3n) is 3.97. The summed E-state index contributed by atoms with van der Waals surface area (Å²) >= 11 is 0. The van der Waals surface area contributed by atoms with Crippen molar-refractivity contribution < 1.29 is 8.42 Å². The van der Waals surface area contributed by atoms with Crippen LogP contribution in [0.3, 0.4) is 0 Å². The Hall–Kier alpha value is -0.870. The van der Waals surface area contributed by atoms with E-state index in [-0.39, 0.29) is 6.04 Å². The van der Waals surface area contributed by atoms with Crippen LogP contribution < -0.4 is 4.72 Å². The molecular formula is C15H23NO2S. The van der Waals surface area contributed by atoms with Crippen molar-refractivity contribution in [3.63, 3.8) is 0 Å². The van der Waals surface area contributed by atoms with Gasteiger partial charge < -0.3 is 0 Å². The number of rotatable bonds is 3. The van der Waals surface area contributed by atoms with Crippen LogP contribution in [0.2, 0.25) is 0 Å². The van der Waals surface area contributed by atoms with E-state index in [1.54, 1.807) is 12.1 Å². The van der Waals surface area contributed by atoms with Gasteiger partial charge in [0.1, 0.15) is 0 Å². The van der Waals surface area contributed by atoms with Crippen LogP contribution in [-0.4, -0.2) is 14.5 Å². The van der Waals surface area contributed by atoms with E-state index in [0.29, 0.717) is 4.90 Å². The van der Waals surface area contributed by atoms with Crippen LogP contribution in [0.15, 0.2) is 23.1 Å². The van der Waals surface area contributed by atoms with Gasteiger partial charge in [0.05, 0.1) is 4.90 Å². The predicted molar refractivity (Wildman–Crippen MR) is 77.7 cm³/mol. The molecule has 1 aliphatic rings. The number of hydrogen-bond donors (Lipinski definition) is 1. The first kappa shape index (κ1) is 14.5. The molecule has 0 aliphatic heterocycles. The molecule has 0 radical (unpaired) electrons. The zero-order chi connectivity index (χ0) is 13.9. The molecule has 1 fully saturated rings. The molecule has 1 N–H and O–H groups in total. The minimum Gasteiger partial charge on any atom is -0.208 e. The monoisotopic (exact) mass is 281 g/mol. The van der Waals surface area contributed by atoms with Crippen molar-refractivity contribution in [1.82, 2.24) is 4.72 Å². The van der Waals surface area contributed by atoms with Gasteiger partial charge in [-0.25, -0.2) is 13.1 Å². The fraction of sp³-hybridized carbons (Fsp3) is 0.600. The van der Waals surface area contributed by atoms with Gasteiger partial charge in [0.15, 0.2) is 0 Å². The van der Waals surface area contributed by atoms with Crippen molar-refractivity contribution in [3.05, 3.63) is 29.3 Å². The van der Waals surface area contributed by atoms with Crippen molar-refractivity contribution >= 4 is 10.0 Å². The molecule has 106 valence electrons. The molecule has 2 rings (SSSR count). The minimum absolute atomic E-state index is 0.106. The van der Waals surface area contributed by atoms with Gasteiger partial charge >= 0.3 is 0 Å². The van der Waals surface area contributed by atoms with E-state index in [1.807, 2.05) is 19.9 Å². The van der Waals surface area contributed by atoms with E-state index in [2.05, 4.69) is 4.72 Å². The Bertz CT molecular complexity index is 529. The van der Waals surface area contributed by atoms with E-state index < -0.39 is 10.0 Å². The van der Waals surface area contributed by atoms with E-state index in [0.717, 1.165) is 36.8 Å². The molecule has 4 heteroatoms. The zero-order valence-corrected chi connectivity index (χ0v) is 12.6. The highest BCUT2D eigenvalue weighted by Gasteiger charge is 2.21. The largest absolute Gasteiger partial charge is 0.240 e. The molecule has 0 saturated heterocycles. The molecule has 1 aromatic rings. The van der Waals surface area contributed by atoms with Gasteiger partial charge in [-0.1, -0.05) is 31.7 Å². The highest BCUT2D eigenvalue weighted by atomic mass is 32.2. The van der Waals surface area contributed by atoms with E-state index in [9.17, 15) is 8.42 Å². The number of nitrogens with one attached hydrogen (secondary N) is 1. The second-order valence-electron chi connectivity index (χ2n) is 5.56. The summed E-state index contributed by atoms with van der Waals surface area (Å²) < 4.78 is 27.6. The lowest BCUT2D eigenvalue weighted by Gasteiger charge is -2.16. The Morgan fingerprint density at radius 2 is 1.63 bits per heavy atom. The van der Waals surface area contributed by atoms with Gasteiger partial charge in [0, 0.05) is 6.04 Å². The van der Waals surface area contributed by atoms with Crippen LogP contribution in [-0.2, 0) is 10.0 Å². The fourth-order valence-electron chi connectivity index (χ4n) is 2.57. The Balaban J connectivity index is 2.14. The molecular weight excluding hydrogens is 258 g/mol. The maximum Gasteiger partial charge on any atom is 0.240 e. The van der Waals surface area contributed by atoms with Crippen LogP contribution >= 0.6 is 0 Å². The number of sulfonamides is 1. The topological polar surface area (TPSA) is 46.2 Å². The van der Waals surface area contributed by atoms with Gasteiger partial charge in [-0.3, -0.25) is 0 Å². The summed E-state index contributed by atoms with van der Waals surface area (Å²) in [4.78, 5) is 0.389. The normalized spacial score (nSPS) is 18.2. The maximum absolute atomic E-state index is 12.4. The van der Waals surface area contributed by atoms with Gasteiger partial charge in [-0.2, -0.15) is 0 Å². The average Bonchev–Trinajstić information content (AvgIpc) is 2.60. The SMILES string of the molecule is Cc1ccc(S(=O)(=O)NC2CCCCCC2)cc1C. The smallest absolute Gasteiger partial charge is 0.208 e. The Morgan fingerprint density at radius 1 is 1.00 bits per heavy atom. The van der Waals surface area contributed by atoms with Crippen LogP contribution in [0.5, 0.6) is 0 Å². The number of benzene rings is 1. The number of hydrogen-bond acceptors (Lipinski definition) is 2. The first-order chi connectivity index (χ1) is 8.99. The average molecular weight is 281 g/mol. The van der Waals surface area contributed by atoms with Gasteiger partial charge in [-0.15, -0.1) is 0 Å². The lowest BCUT2D eigenvalue weighted by molar-refractivity contribution is 0.510. The molecule has 19 heavy (non-hydrogen) atoms.